The number of carbonyl (C=O) groups is 1. The number of nitrogens with one attached hydrogen (secondary N) is 1. The van der Waals surface area contributed by atoms with E-state index in [-0.39, 0.29) is 30.1 Å². The number of hydrogen-bond donors (Lipinski definition) is 1. The number of urea groups is 1. The molecular weight excluding hydrogens is 529 g/mol. The van der Waals surface area contributed by atoms with E-state index in [9.17, 15) is 18.0 Å². The van der Waals surface area contributed by atoms with Crippen LogP contribution in [-0.2, 0) is 15.7 Å². The molecule has 0 aliphatic carbocycles. The fraction of sp³-hybridized carbons (Fsp3) is 0.407. The number of anilines is 3. The van der Waals surface area contributed by atoms with Crippen molar-refractivity contribution >= 4 is 23.2 Å². The first-order valence-electron chi connectivity index (χ1n) is 12.9. The summed E-state index contributed by atoms with van der Waals surface area (Å²) in [5.41, 5.74) is 0.479. The van der Waals surface area contributed by atoms with Gasteiger partial charge in [0, 0.05) is 24.7 Å². The zero-order valence-electron chi connectivity index (χ0n) is 21.8. The van der Waals surface area contributed by atoms with Gasteiger partial charge in [-0.1, -0.05) is 12.1 Å². The first-order valence-corrected chi connectivity index (χ1v) is 12.9. The zero-order valence-corrected chi connectivity index (χ0v) is 21.8. The van der Waals surface area contributed by atoms with Gasteiger partial charge in [-0.25, -0.2) is 14.8 Å². The molecule has 6 rings (SSSR count). The highest BCUT2D eigenvalue weighted by Crippen LogP contribution is 2.40. The van der Waals surface area contributed by atoms with E-state index in [2.05, 4.69) is 25.2 Å². The lowest BCUT2D eigenvalue weighted by molar-refractivity contribution is -0.141. The molecule has 1 N–H and O–H groups in total. The Morgan fingerprint density at radius 3 is 2.85 bits per heavy atom. The molecule has 3 aromatic rings. The molecule has 5 heterocycles. The smallest absolute Gasteiger partial charge is 0.416 e. The molecule has 13 heteroatoms. The maximum atomic E-state index is 13.6. The molecule has 1 aromatic carbocycles. The van der Waals surface area contributed by atoms with E-state index in [1.165, 1.54) is 24.5 Å². The van der Waals surface area contributed by atoms with Crippen LogP contribution in [0.25, 0.3) is 11.4 Å². The predicted octanol–water partition coefficient (Wildman–Crippen LogP) is 4.72. The number of ether oxygens (including phenoxy) is 3. The largest absolute Gasteiger partial charge is 0.489 e. The van der Waals surface area contributed by atoms with E-state index in [0.717, 1.165) is 12.1 Å². The molecule has 10 nitrogen and oxygen atoms in total. The summed E-state index contributed by atoms with van der Waals surface area (Å²) in [6, 6.07) is 5.89. The maximum absolute atomic E-state index is 13.6. The number of pyridine rings is 1. The van der Waals surface area contributed by atoms with Crippen LogP contribution in [0.4, 0.5) is 35.2 Å². The molecule has 40 heavy (non-hydrogen) atoms. The molecule has 2 bridgehead atoms. The third kappa shape index (κ3) is 5.26. The molecule has 2 fully saturated rings. The van der Waals surface area contributed by atoms with E-state index in [4.69, 9.17) is 14.2 Å². The van der Waals surface area contributed by atoms with E-state index in [1.54, 1.807) is 17.2 Å². The van der Waals surface area contributed by atoms with E-state index < -0.39 is 23.6 Å². The Morgan fingerprint density at radius 1 is 1.23 bits per heavy atom. The zero-order chi connectivity index (χ0) is 28.1. The van der Waals surface area contributed by atoms with Gasteiger partial charge >= 0.3 is 12.2 Å². The Labute approximate surface area is 228 Å². The van der Waals surface area contributed by atoms with Crippen molar-refractivity contribution < 1.29 is 32.2 Å². The van der Waals surface area contributed by atoms with Crippen molar-refractivity contribution in [2.45, 2.75) is 44.4 Å². The van der Waals surface area contributed by atoms with Gasteiger partial charge in [-0.2, -0.15) is 13.2 Å². The van der Waals surface area contributed by atoms with Gasteiger partial charge < -0.3 is 24.4 Å². The van der Waals surface area contributed by atoms with Crippen LogP contribution in [0.1, 0.15) is 25.8 Å². The van der Waals surface area contributed by atoms with Crippen LogP contribution in [0.15, 0.2) is 48.9 Å². The van der Waals surface area contributed by atoms with E-state index >= 15 is 0 Å². The molecule has 2 aromatic heterocycles. The molecule has 3 aliphatic heterocycles. The molecule has 2 atom stereocenters. The summed E-state index contributed by atoms with van der Waals surface area (Å²) in [6.45, 7) is 5.65. The molecule has 0 saturated carbocycles. The van der Waals surface area contributed by atoms with Crippen LogP contribution in [0.5, 0.6) is 5.75 Å². The van der Waals surface area contributed by atoms with Gasteiger partial charge in [0.2, 0.25) is 0 Å². The van der Waals surface area contributed by atoms with Gasteiger partial charge in [0.15, 0.2) is 17.4 Å². The Morgan fingerprint density at radius 2 is 2.08 bits per heavy atom. The lowest BCUT2D eigenvalue weighted by atomic mass is 10.1. The van der Waals surface area contributed by atoms with Crippen LogP contribution in [0.3, 0.4) is 0 Å². The lowest BCUT2D eigenvalue weighted by Crippen LogP contribution is -2.48. The molecular formula is C27H27F3N6O4. The average molecular weight is 557 g/mol. The standard InChI is InChI=1S/C27H27F3N6O4/c1-26(2)39-15-21(40-26)14-38-20-9-18(10-31-11-20)33-25(37)36-19-6-7-35(13-19)22-12-32-23(34-24(22)36)16-4-3-5-17(8-16)27(28,29)30/h3-5,8-12,19,21H,6-7,13-15H2,1-2H3,(H,33,37)/t19-,21?/m0/s1. The van der Waals surface area contributed by atoms with Gasteiger partial charge in [0.1, 0.15) is 18.5 Å². The molecule has 0 spiro atoms. The number of aromatic nitrogens is 3. The quantitative estimate of drug-likeness (QED) is 0.482. The first-order chi connectivity index (χ1) is 19.1. The number of amides is 2. The number of benzene rings is 1. The van der Waals surface area contributed by atoms with Crippen LogP contribution in [0.2, 0.25) is 0 Å². The van der Waals surface area contributed by atoms with Crippen molar-refractivity contribution in [2.75, 3.05) is 41.4 Å². The Balaban J connectivity index is 1.22. The summed E-state index contributed by atoms with van der Waals surface area (Å²) in [5, 5.41) is 2.87. The minimum atomic E-state index is -4.50. The summed E-state index contributed by atoms with van der Waals surface area (Å²) in [6.07, 6.45) is 0.588. The van der Waals surface area contributed by atoms with Gasteiger partial charge in [-0.05, 0) is 32.4 Å². The molecule has 0 radical (unpaired) electrons. The minimum absolute atomic E-state index is 0.100. The maximum Gasteiger partial charge on any atom is 0.416 e. The fourth-order valence-corrected chi connectivity index (χ4v) is 5.13. The first kappa shape index (κ1) is 26.3. The topological polar surface area (TPSA) is 102 Å². The number of hydrogen-bond acceptors (Lipinski definition) is 8. The molecule has 210 valence electrons. The highest BCUT2D eigenvalue weighted by Gasteiger charge is 2.41. The number of halogens is 3. The third-order valence-electron chi connectivity index (χ3n) is 6.98. The second kappa shape index (κ2) is 9.89. The second-order valence-corrected chi connectivity index (χ2v) is 10.3. The third-order valence-corrected chi connectivity index (χ3v) is 6.98. The van der Waals surface area contributed by atoms with Crippen LogP contribution < -0.4 is 19.9 Å². The number of alkyl halides is 3. The number of carbonyl (C=O) groups excluding carboxylic acids is 1. The normalized spacial score (nSPS) is 21.3. The van der Waals surface area contributed by atoms with Crippen molar-refractivity contribution in [3.63, 3.8) is 0 Å². The van der Waals surface area contributed by atoms with Crippen molar-refractivity contribution in [3.8, 4) is 17.1 Å². The number of nitrogens with zero attached hydrogens (tertiary/aromatic N) is 5. The number of rotatable bonds is 5. The average Bonchev–Trinajstić information content (AvgIpc) is 3.50. The monoisotopic (exact) mass is 556 g/mol. The molecule has 3 aliphatic rings. The van der Waals surface area contributed by atoms with Gasteiger partial charge in [0.05, 0.1) is 48.2 Å². The minimum Gasteiger partial charge on any atom is -0.489 e. The molecule has 2 amide bonds. The van der Waals surface area contributed by atoms with Crippen molar-refractivity contribution in [2.24, 2.45) is 0 Å². The Hall–Kier alpha value is -3.97. The van der Waals surface area contributed by atoms with Crippen molar-refractivity contribution in [3.05, 3.63) is 54.5 Å². The lowest BCUT2D eigenvalue weighted by Gasteiger charge is -2.35. The summed E-state index contributed by atoms with van der Waals surface area (Å²) in [7, 11) is 0. The van der Waals surface area contributed by atoms with E-state index in [0.29, 0.717) is 49.1 Å². The van der Waals surface area contributed by atoms with E-state index in [1.807, 2.05) is 13.8 Å². The predicted molar refractivity (Wildman–Crippen MR) is 139 cm³/mol. The van der Waals surface area contributed by atoms with Crippen LogP contribution in [-0.4, -0.2) is 65.2 Å². The highest BCUT2D eigenvalue weighted by molar-refractivity contribution is 6.04. The van der Waals surface area contributed by atoms with Gasteiger partial charge in [-0.3, -0.25) is 9.88 Å². The SMILES string of the molecule is CC1(C)OCC(COc2cncc(NC(=O)N3c4nc(-c5cccc(C(F)(F)F)c5)ncc4N4CC[C@H]3C4)c2)O1. The summed E-state index contributed by atoms with van der Waals surface area (Å²) < 4.78 is 57.0. The Bertz CT molecular complexity index is 1440. The van der Waals surface area contributed by atoms with Crippen LogP contribution in [0, 0.1) is 0 Å². The Kier molecular flexibility index (Phi) is 6.50. The van der Waals surface area contributed by atoms with Gasteiger partial charge in [0.25, 0.3) is 0 Å². The second-order valence-electron chi connectivity index (χ2n) is 10.3. The van der Waals surface area contributed by atoms with Crippen LogP contribution >= 0.6 is 0 Å². The summed E-state index contributed by atoms with van der Waals surface area (Å²) >= 11 is 0. The molecule has 1 unspecified atom stereocenters. The summed E-state index contributed by atoms with van der Waals surface area (Å²) in [4.78, 5) is 30.3. The summed E-state index contributed by atoms with van der Waals surface area (Å²) in [5.74, 6) is 0.234. The fourth-order valence-electron chi connectivity index (χ4n) is 5.13. The van der Waals surface area contributed by atoms with Crippen molar-refractivity contribution in [1.82, 2.24) is 15.0 Å². The highest BCUT2D eigenvalue weighted by atomic mass is 19.4. The number of fused-ring (bicyclic) bond motifs is 4. The van der Waals surface area contributed by atoms with Gasteiger partial charge in [-0.15, -0.1) is 0 Å². The molecule has 2 saturated heterocycles. The van der Waals surface area contributed by atoms with Crippen molar-refractivity contribution in [1.29, 1.82) is 0 Å².